The Balaban J connectivity index is 1.95. The van der Waals surface area contributed by atoms with E-state index in [9.17, 15) is 22.8 Å². The van der Waals surface area contributed by atoms with Crippen molar-refractivity contribution in [1.82, 2.24) is 5.32 Å². The number of carbonyl (C=O) groups excluding carboxylic acids is 2. The standard InChI is InChI=1S/C19H20F3N3O2/c1-12(2)24-18(27)13-5-3-7-15(9-13)23-11-17(26)25-16-8-4-6-14(10-16)19(20,21)22/h3-10,12,23H,11H2,1-2H3,(H,24,27)(H,25,26). The molecule has 0 aliphatic heterocycles. The van der Waals surface area contributed by atoms with E-state index in [0.29, 0.717) is 11.3 Å². The van der Waals surface area contributed by atoms with Crippen LogP contribution in [0.3, 0.4) is 0 Å². The van der Waals surface area contributed by atoms with Gasteiger partial charge in [-0.05, 0) is 50.2 Å². The van der Waals surface area contributed by atoms with Crippen LogP contribution in [0.4, 0.5) is 24.5 Å². The molecule has 0 bridgehead atoms. The molecule has 0 atom stereocenters. The van der Waals surface area contributed by atoms with Crippen molar-refractivity contribution in [1.29, 1.82) is 0 Å². The smallest absolute Gasteiger partial charge is 0.376 e. The molecule has 0 fully saturated rings. The summed E-state index contributed by atoms with van der Waals surface area (Å²) in [7, 11) is 0. The van der Waals surface area contributed by atoms with Crippen molar-refractivity contribution in [2.45, 2.75) is 26.1 Å². The zero-order chi connectivity index (χ0) is 20.0. The molecule has 0 aromatic heterocycles. The minimum Gasteiger partial charge on any atom is -0.376 e. The molecule has 144 valence electrons. The summed E-state index contributed by atoms with van der Waals surface area (Å²) in [6, 6.07) is 11.0. The Morgan fingerprint density at radius 2 is 1.67 bits per heavy atom. The minimum absolute atomic E-state index is 0.00708. The van der Waals surface area contributed by atoms with E-state index in [1.165, 1.54) is 12.1 Å². The SMILES string of the molecule is CC(C)NC(=O)c1cccc(NCC(=O)Nc2cccc(C(F)(F)F)c2)c1. The van der Waals surface area contributed by atoms with E-state index in [1.807, 2.05) is 13.8 Å². The lowest BCUT2D eigenvalue weighted by Gasteiger charge is -2.12. The summed E-state index contributed by atoms with van der Waals surface area (Å²) < 4.78 is 38.1. The fourth-order valence-electron chi connectivity index (χ4n) is 2.28. The van der Waals surface area contributed by atoms with Crippen molar-refractivity contribution >= 4 is 23.2 Å². The first-order valence-electron chi connectivity index (χ1n) is 8.27. The van der Waals surface area contributed by atoms with E-state index >= 15 is 0 Å². The van der Waals surface area contributed by atoms with Crippen LogP contribution < -0.4 is 16.0 Å². The van der Waals surface area contributed by atoms with Crippen molar-refractivity contribution < 1.29 is 22.8 Å². The summed E-state index contributed by atoms with van der Waals surface area (Å²) in [5.74, 6) is -0.742. The van der Waals surface area contributed by atoms with Gasteiger partial charge in [0.15, 0.2) is 0 Å². The molecule has 27 heavy (non-hydrogen) atoms. The summed E-state index contributed by atoms with van der Waals surface area (Å²) in [4.78, 5) is 24.0. The third kappa shape index (κ3) is 6.32. The summed E-state index contributed by atoms with van der Waals surface area (Å²) in [5.41, 5.74) is 0.205. The Labute approximate surface area is 155 Å². The van der Waals surface area contributed by atoms with Gasteiger partial charge in [-0.3, -0.25) is 9.59 Å². The highest BCUT2D eigenvalue weighted by Gasteiger charge is 2.30. The summed E-state index contributed by atoms with van der Waals surface area (Å²) in [6.45, 7) is 3.53. The Bertz CT molecular complexity index is 820. The van der Waals surface area contributed by atoms with E-state index in [2.05, 4.69) is 16.0 Å². The van der Waals surface area contributed by atoms with Crippen molar-refractivity contribution in [3.8, 4) is 0 Å². The lowest BCUT2D eigenvalue weighted by atomic mass is 10.1. The Morgan fingerprint density at radius 3 is 2.33 bits per heavy atom. The van der Waals surface area contributed by atoms with Gasteiger partial charge in [-0.2, -0.15) is 13.2 Å². The van der Waals surface area contributed by atoms with E-state index in [4.69, 9.17) is 0 Å². The largest absolute Gasteiger partial charge is 0.416 e. The highest BCUT2D eigenvalue weighted by atomic mass is 19.4. The van der Waals surface area contributed by atoms with E-state index < -0.39 is 17.6 Å². The normalized spacial score (nSPS) is 11.2. The maximum Gasteiger partial charge on any atom is 0.416 e. The van der Waals surface area contributed by atoms with Crippen LogP contribution in [-0.2, 0) is 11.0 Å². The molecule has 0 saturated carbocycles. The predicted molar refractivity (Wildman–Crippen MR) is 97.6 cm³/mol. The van der Waals surface area contributed by atoms with Gasteiger partial charge >= 0.3 is 6.18 Å². The number of hydrogen-bond donors (Lipinski definition) is 3. The van der Waals surface area contributed by atoms with Gasteiger partial charge < -0.3 is 16.0 Å². The van der Waals surface area contributed by atoms with Gasteiger partial charge in [0.1, 0.15) is 0 Å². The summed E-state index contributed by atoms with van der Waals surface area (Å²) in [5, 5.41) is 8.01. The Morgan fingerprint density at radius 1 is 1.00 bits per heavy atom. The molecular weight excluding hydrogens is 359 g/mol. The number of carbonyl (C=O) groups is 2. The van der Waals surface area contributed by atoms with Crippen molar-refractivity contribution in [3.63, 3.8) is 0 Å². The number of hydrogen-bond acceptors (Lipinski definition) is 3. The Hall–Kier alpha value is -3.03. The first kappa shape index (κ1) is 20.3. The molecular formula is C19H20F3N3O2. The third-order valence-electron chi connectivity index (χ3n) is 3.47. The molecule has 3 N–H and O–H groups in total. The molecule has 2 aromatic carbocycles. The van der Waals surface area contributed by atoms with Gasteiger partial charge in [0.2, 0.25) is 5.91 Å². The van der Waals surface area contributed by atoms with E-state index in [-0.39, 0.29) is 24.2 Å². The molecule has 0 radical (unpaired) electrons. The number of rotatable bonds is 6. The molecule has 0 unspecified atom stereocenters. The highest BCUT2D eigenvalue weighted by molar-refractivity contribution is 5.96. The van der Waals surface area contributed by atoms with Crippen LogP contribution in [0.15, 0.2) is 48.5 Å². The van der Waals surface area contributed by atoms with Crippen molar-refractivity contribution in [2.24, 2.45) is 0 Å². The number of nitrogens with one attached hydrogen (secondary N) is 3. The number of amides is 2. The Kier molecular flexibility index (Phi) is 6.44. The summed E-state index contributed by atoms with van der Waals surface area (Å²) >= 11 is 0. The topological polar surface area (TPSA) is 70.2 Å². The second kappa shape index (κ2) is 8.57. The van der Waals surface area contributed by atoms with E-state index in [1.54, 1.807) is 24.3 Å². The lowest BCUT2D eigenvalue weighted by Crippen LogP contribution is -2.30. The zero-order valence-corrected chi connectivity index (χ0v) is 14.9. The lowest BCUT2D eigenvalue weighted by molar-refractivity contribution is -0.137. The molecule has 0 aliphatic rings. The maximum absolute atomic E-state index is 12.7. The molecule has 0 aliphatic carbocycles. The third-order valence-corrected chi connectivity index (χ3v) is 3.47. The molecule has 0 saturated heterocycles. The number of halogens is 3. The fraction of sp³-hybridized carbons (Fsp3) is 0.263. The molecule has 8 heteroatoms. The van der Waals surface area contributed by atoms with Crippen LogP contribution in [0.5, 0.6) is 0 Å². The van der Waals surface area contributed by atoms with Crippen LogP contribution in [0.2, 0.25) is 0 Å². The minimum atomic E-state index is -4.48. The zero-order valence-electron chi connectivity index (χ0n) is 14.9. The number of anilines is 2. The van der Waals surface area contributed by atoms with Crippen LogP contribution in [-0.4, -0.2) is 24.4 Å². The van der Waals surface area contributed by atoms with Gasteiger partial charge in [-0.1, -0.05) is 12.1 Å². The average Bonchev–Trinajstić information content (AvgIpc) is 2.59. The second-order valence-corrected chi connectivity index (χ2v) is 6.19. The molecule has 0 spiro atoms. The van der Waals surface area contributed by atoms with Crippen LogP contribution in [0.25, 0.3) is 0 Å². The highest BCUT2D eigenvalue weighted by Crippen LogP contribution is 2.30. The summed E-state index contributed by atoms with van der Waals surface area (Å²) in [6.07, 6.45) is -4.48. The molecule has 2 aromatic rings. The average molecular weight is 379 g/mol. The maximum atomic E-state index is 12.7. The van der Waals surface area contributed by atoms with Crippen LogP contribution in [0, 0.1) is 0 Å². The predicted octanol–water partition coefficient (Wildman–Crippen LogP) is 3.89. The van der Waals surface area contributed by atoms with Gasteiger partial charge in [-0.15, -0.1) is 0 Å². The number of alkyl halides is 3. The first-order chi connectivity index (χ1) is 12.6. The number of benzene rings is 2. The molecule has 2 amide bonds. The molecule has 0 heterocycles. The second-order valence-electron chi connectivity index (χ2n) is 6.19. The van der Waals surface area contributed by atoms with Gasteiger partial charge in [0, 0.05) is 23.0 Å². The molecule has 5 nitrogen and oxygen atoms in total. The van der Waals surface area contributed by atoms with E-state index in [0.717, 1.165) is 12.1 Å². The van der Waals surface area contributed by atoms with Crippen molar-refractivity contribution in [3.05, 3.63) is 59.7 Å². The monoisotopic (exact) mass is 379 g/mol. The van der Waals surface area contributed by atoms with Gasteiger partial charge in [0.05, 0.1) is 12.1 Å². The van der Waals surface area contributed by atoms with Crippen LogP contribution >= 0.6 is 0 Å². The fourth-order valence-corrected chi connectivity index (χ4v) is 2.28. The van der Waals surface area contributed by atoms with Gasteiger partial charge in [0.25, 0.3) is 5.91 Å². The first-order valence-corrected chi connectivity index (χ1v) is 8.27. The van der Waals surface area contributed by atoms with Gasteiger partial charge in [-0.25, -0.2) is 0 Å². The quantitative estimate of drug-likeness (QED) is 0.713. The van der Waals surface area contributed by atoms with Crippen LogP contribution in [0.1, 0.15) is 29.8 Å². The molecule has 2 rings (SSSR count). The van der Waals surface area contributed by atoms with Crippen molar-refractivity contribution in [2.75, 3.05) is 17.2 Å².